The molecule has 0 aliphatic rings. The first-order valence-corrected chi connectivity index (χ1v) is 9.75. The average molecular weight is 414 g/mol. The topological polar surface area (TPSA) is 64.4 Å². The second-order valence-corrected chi connectivity index (χ2v) is 7.02. The van der Waals surface area contributed by atoms with Gasteiger partial charge in [0.15, 0.2) is 22.5 Å². The Labute approximate surface area is 168 Å². The summed E-state index contributed by atoms with van der Waals surface area (Å²) in [5, 5.41) is 5.49. The molecule has 0 saturated heterocycles. The van der Waals surface area contributed by atoms with Crippen molar-refractivity contribution in [3.05, 3.63) is 70.8 Å². The summed E-state index contributed by atoms with van der Waals surface area (Å²) >= 11 is 1.18. The summed E-state index contributed by atoms with van der Waals surface area (Å²) in [6.07, 6.45) is 0. The van der Waals surface area contributed by atoms with Crippen LogP contribution < -0.4 is 5.32 Å². The SMILES string of the molecule is CCOCc1c(C(=O)Nc2nc(-c3ccc(F)c(F)c3)cs2)oc2ccccc12. The van der Waals surface area contributed by atoms with E-state index in [9.17, 15) is 13.6 Å². The van der Waals surface area contributed by atoms with E-state index in [1.807, 2.05) is 25.1 Å². The van der Waals surface area contributed by atoms with E-state index in [2.05, 4.69) is 10.3 Å². The van der Waals surface area contributed by atoms with Crippen molar-refractivity contribution in [1.29, 1.82) is 0 Å². The van der Waals surface area contributed by atoms with Crippen LogP contribution in [0.2, 0.25) is 0 Å². The van der Waals surface area contributed by atoms with Gasteiger partial charge < -0.3 is 9.15 Å². The Morgan fingerprint density at radius 2 is 2.03 bits per heavy atom. The Hall–Kier alpha value is -3.10. The van der Waals surface area contributed by atoms with Crippen molar-refractivity contribution in [2.45, 2.75) is 13.5 Å². The summed E-state index contributed by atoms with van der Waals surface area (Å²) in [4.78, 5) is 17.1. The third-order valence-electron chi connectivity index (χ3n) is 4.30. The van der Waals surface area contributed by atoms with Gasteiger partial charge >= 0.3 is 0 Å². The zero-order valence-corrected chi connectivity index (χ0v) is 16.2. The van der Waals surface area contributed by atoms with Crippen LogP contribution in [-0.4, -0.2) is 17.5 Å². The number of para-hydroxylation sites is 1. The van der Waals surface area contributed by atoms with Crippen molar-refractivity contribution < 1.29 is 22.7 Å². The molecule has 0 aliphatic heterocycles. The van der Waals surface area contributed by atoms with Crippen LogP contribution in [-0.2, 0) is 11.3 Å². The molecule has 148 valence electrons. The number of thiazole rings is 1. The molecule has 1 amide bonds. The van der Waals surface area contributed by atoms with Crippen LogP contribution in [0.3, 0.4) is 0 Å². The largest absolute Gasteiger partial charge is 0.451 e. The summed E-state index contributed by atoms with van der Waals surface area (Å²) in [5.41, 5.74) is 2.11. The maximum atomic E-state index is 13.5. The summed E-state index contributed by atoms with van der Waals surface area (Å²) in [5.74, 6) is -2.18. The van der Waals surface area contributed by atoms with Crippen LogP contribution in [0.4, 0.5) is 13.9 Å². The van der Waals surface area contributed by atoms with Crippen LogP contribution in [0.1, 0.15) is 23.0 Å². The molecule has 8 heteroatoms. The van der Waals surface area contributed by atoms with E-state index in [4.69, 9.17) is 9.15 Å². The number of hydrogen-bond acceptors (Lipinski definition) is 5. The number of carbonyl (C=O) groups is 1. The molecule has 0 radical (unpaired) electrons. The van der Waals surface area contributed by atoms with Crippen molar-refractivity contribution >= 4 is 33.3 Å². The molecule has 29 heavy (non-hydrogen) atoms. The van der Waals surface area contributed by atoms with E-state index in [0.717, 1.165) is 17.5 Å². The molecule has 2 heterocycles. The molecule has 0 bridgehead atoms. The zero-order chi connectivity index (χ0) is 20.4. The van der Waals surface area contributed by atoms with Crippen LogP contribution in [0.5, 0.6) is 0 Å². The molecule has 0 atom stereocenters. The molecule has 0 aliphatic carbocycles. The number of hydrogen-bond donors (Lipinski definition) is 1. The minimum Gasteiger partial charge on any atom is -0.451 e. The summed E-state index contributed by atoms with van der Waals surface area (Å²) < 4.78 is 37.8. The van der Waals surface area contributed by atoms with Gasteiger partial charge in [-0.2, -0.15) is 0 Å². The predicted molar refractivity (Wildman–Crippen MR) is 107 cm³/mol. The number of amides is 1. The number of ether oxygens (including phenoxy) is 1. The minimum absolute atomic E-state index is 0.157. The van der Waals surface area contributed by atoms with E-state index in [-0.39, 0.29) is 12.4 Å². The maximum absolute atomic E-state index is 13.5. The number of anilines is 1. The highest BCUT2D eigenvalue weighted by molar-refractivity contribution is 7.14. The van der Waals surface area contributed by atoms with Gasteiger partial charge in [-0.3, -0.25) is 10.1 Å². The maximum Gasteiger partial charge on any atom is 0.293 e. The van der Waals surface area contributed by atoms with E-state index in [1.165, 1.54) is 17.4 Å². The van der Waals surface area contributed by atoms with E-state index in [1.54, 1.807) is 11.4 Å². The fraction of sp³-hybridized carbons (Fsp3) is 0.143. The van der Waals surface area contributed by atoms with Gasteiger partial charge in [0.25, 0.3) is 5.91 Å². The number of aromatic nitrogens is 1. The third kappa shape index (κ3) is 3.90. The van der Waals surface area contributed by atoms with Gasteiger partial charge in [0.2, 0.25) is 0 Å². The lowest BCUT2D eigenvalue weighted by molar-refractivity contribution is 0.0984. The molecule has 0 saturated carbocycles. The summed E-state index contributed by atoms with van der Waals surface area (Å²) in [7, 11) is 0. The zero-order valence-electron chi connectivity index (χ0n) is 15.4. The van der Waals surface area contributed by atoms with E-state index >= 15 is 0 Å². The van der Waals surface area contributed by atoms with E-state index in [0.29, 0.717) is 34.1 Å². The number of furan rings is 1. The average Bonchev–Trinajstić information content (AvgIpc) is 3.33. The molecule has 0 fully saturated rings. The Morgan fingerprint density at radius 1 is 1.21 bits per heavy atom. The normalized spacial score (nSPS) is 11.1. The fourth-order valence-electron chi connectivity index (χ4n) is 2.90. The number of carbonyl (C=O) groups excluding carboxylic acids is 1. The number of nitrogens with one attached hydrogen (secondary N) is 1. The smallest absolute Gasteiger partial charge is 0.293 e. The van der Waals surface area contributed by atoms with Gasteiger partial charge in [0.1, 0.15) is 5.58 Å². The minimum atomic E-state index is -0.955. The molecular weight excluding hydrogens is 398 g/mol. The first-order valence-electron chi connectivity index (χ1n) is 8.87. The van der Waals surface area contributed by atoms with Crippen LogP contribution in [0.25, 0.3) is 22.2 Å². The van der Waals surface area contributed by atoms with Gasteiger partial charge in [-0.25, -0.2) is 13.8 Å². The lowest BCUT2D eigenvalue weighted by atomic mass is 10.1. The van der Waals surface area contributed by atoms with Crippen molar-refractivity contribution in [1.82, 2.24) is 4.98 Å². The second kappa shape index (κ2) is 8.10. The number of nitrogens with zero attached hydrogens (tertiary/aromatic N) is 1. The standard InChI is InChI=1S/C21H16F2N2O3S/c1-2-27-10-14-13-5-3-4-6-18(13)28-19(14)20(26)25-21-24-17(11-29-21)12-7-8-15(22)16(23)9-12/h3-9,11H,2,10H2,1H3,(H,24,25,26). The van der Waals surface area contributed by atoms with Gasteiger partial charge in [-0.05, 0) is 31.2 Å². The first kappa shape index (κ1) is 19.2. The van der Waals surface area contributed by atoms with Crippen molar-refractivity contribution in [2.24, 2.45) is 0 Å². The molecule has 2 aromatic carbocycles. The van der Waals surface area contributed by atoms with Crippen LogP contribution in [0, 0.1) is 11.6 Å². The van der Waals surface area contributed by atoms with Gasteiger partial charge in [-0.15, -0.1) is 11.3 Å². The lowest BCUT2D eigenvalue weighted by Crippen LogP contribution is -2.13. The predicted octanol–water partition coefficient (Wildman–Crippen LogP) is 5.62. The highest BCUT2D eigenvalue weighted by atomic mass is 32.1. The molecular formula is C21H16F2N2O3S. The number of halogens is 2. The van der Waals surface area contributed by atoms with Crippen LogP contribution in [0.15, 0.2) is 52.3 Å². The highest BCUT2D eigenvalue weighted by Gasteiger charge is 2.21. The second-order valence-electron chi connectivity index (χ2n) is 6.16. The van der Waals surface area contributed by atoms with E-state index < -0.39 is 17.5 Å². The Kier molecular flexibility index (Phi) is 5.37. The Morgan fingerprint density at radius 3 is 2.83 bits per heavy atom. The molecule has 2 aromatic heterocycles. The number of rotatable bonds is 6. The van der Waals surface area contributed by atoms with Crippen molar-refractivity contribution in [3.63, 3.8) is 0 Å². The first-order chi connectivity index (χ1) is 14.1. The molecule has 0 unspecified atom stereocenters. The van der Waals surface area contributed by atoms with Gasteiger partial charge in [-0.1, -0.05) is 18.2 Å². The molecule has 5 nitrogen and oxygen atoms in total. The Bertz CT molecular complexity index is 1190. The molecule has 1 N–H and O–H groups in total. The van der Waals surface area contributed by atoms with Gasteiger partial charge in [0, 0.05) is 28.5 Å². The molecule has 4 rings (SSSR count). The fourth-order valence-corrected chi connectivity index (χ4v) is 3.62. The monoisotopic (exact) mass is 414 g/mol. The highest BCUT2D eigenvalue weighted by Crippen LogP contribution is 2.29. The molecule has 4 aromatic rings. The number of benzene rings is 2. The van der Waals surface area contributed by atoms with Crippen LogP contribution >= 0.6 is 11.3 Å². The van der Waals surface area contributed by atoms with Gasteiger partial charge in [0.05, 0.1) is 12.3 Å². The van der Waals surface area contributed by atoms with Crippen molar-refractivity contribution in [3.8, 4) is 11.3 Å². The molecule has 0 spiro atoms. The quantitative estimate of drug-likeness (QED) is 0.445. The lowest BCUT2D eigenvalue weighted by Gasteiger charge is -2.03. The Balaban J connectivity index is 1.60. The third-order valence-corrected chi connectivity index (χ3v) is 5.05. The summed E-state index contributed by atoms with van der Waals surface area (Å²) in [6.45, 7) is 2.62. The number of fused-ring (bicyclic) bond motifs is 1. The summed E-state index contributed by atoms with van der Waals surface area (Å²) in [6, 6.07) is 10.9. The van der Waals surface area contributed by atoms with Crippen molar-refractivity contribution in [2.75, 3.05) is 11.9 Å².